The quantitative estimate of drug-likeness (QED) is 0.598. The van der Waals surface area contributed by atoms with Crippen LogP contribution in [-0.2, 0) is 14.3 Å². The van der Waals surface area contributed by atoms with E-state index in [1.807, 2.05) is 14.0 Å². The van der Waals surface area contributed by atoms with Gasteiger partial charge in [-0.15, -0.1) is 12.4 Å². The third kappa shape index (κ3) is 4.94. The molecule has 0 radical (unpaired) electrons. The van der Waals surface area contributed by atoms with Gasteiger partial charge in [0.05, 0.1) is 7.11 Å². The lowest BCUT2D eigenvalue weighted by Gasteiger charge is -2.32. The van der Waals surface area contributed by atoms with E-state index >= 15 is 0 Å². The molecule has 0 spiro atoms. The molecular weight excluding hydrogens is 280 g/mol. The molecule has 1 fully saturated rings. The van der Waals surface area contributed by atoms with Gasteiger partial charge in [-0.2, -0.15) is 0 Å². The van der Waals surface area contributed by atoms with E-state index in [4.69, 9.17) is 4.74 Å². The van der Waals surface area contributed by atoms with E-state index in [2.05, 4.69) is 10.6 Å². The summed E-state index contributed by atoms with van der Waals surface area (Å²) in [5.41, 5.74) is -0.815. The predicted molar refractivity (Wildman–Crippen MR) is 80.9 cm³/mol. The number of methoxy groups -OCH3 is 1. The Morgan fingerprint density at radius 2 is 1.75 bits per heavy atom. The van der Waals surface area contributed by atoms with Crippen molar-refractivity contribution in [3.63, 3.8) is 0 Å². The Morgan fingerprint density at radius 3 is 2.20 bits per heavy atom. The average Bonchev–Trinajstić information content (AvgIpc) is 2.64. The summed E-state index contributed by atoms with van der Waals surface area (Å²) < 4.78 is 4.92. The lowest BCUT2D eigenvalue weighted by Crippen LogP contribution is -2.56. The summed E-state index contributed by atoms with van der Waals surface area (Å²) in [5.74, 6) is -0.546. The van der Waals surface area contributed by atoms with Gasteiger partial charge in [0.1, 0.15) is 5.54 Å². The monoisotopic (exact) mass is 306 g/mol. The van der Waals surface area contributed by atoms with Gasteiger partial charge in [0, 0.05) is 12.5 Å². The second kappa shape index (κ2) is 9.19. The summed E-state index contributed by atoms with van der Waals surface area (Å²) in [4.78, 5) is 24.3. The average molecular weight is 307 g/mol. The molecule has 1 atom stereocenters. The van der Waals surface area contributed by atoms with E-state index in [1.165, 1.54) is 7.11 Å². The molecule has 1 amide bonds. The fourth-order valence-electron chi connectivity index (χ4n) is 2.67. The highest BCUT2D eigenvalue weighted by molar-refractivity contribution is 5.89. The SMILES string of the molecule is CNCC(C)C(=O)NC1(C(=O)OC)CCCCCC1.Cl. The second-order valence-electron chi connectivity index (χ2n) is 5.44. The number of rotatable bonds is 5. The second-order valence-corrected chi connectivity index (χ2v) is 5.44. The largest absolute Gasteiger partial charge is 0.467 e. The lowest BCUT2D eigenvalue weighted by atomic mass is 9.89. The van der Waals surface area contributed by atoms with Crippen LogP contribution in [0.1, 0.15) is 45.4 Å². The predicted octanol–water partition coefficient (Wildman–Crippen LogP) is 1.65. The summed E-state index contributed by atoms with van der Waals surface area (Å²) in [7, 11) is 3.20. The number of carbonyl (C=O) groups is 2. The Morgan fingerprint density at radius 1 is 1.20 bits per heavy atom. The number of hydrogen-bond acceptors (Lipinski definition) is 4. The molecule has 0 aliphatic heterocycles. The minimum absolute atomic E-state index is 0. The van der Waals surface area contributed by atoms with Crippen molar-refractivity contribution < 1.29 is 14.3 Å². The molecule has 1 unspecified atom stereocenters. The Bertz CT molecular complexity index is 316. The number of nitrogens with one attached hydrogen (secondary N) is 2. The molecule has 0 bridgehead atoms. The first kappa shape index (κ1) is 19.2. The molecule has 1 rings (SSSR count). The minimum atomic E-state index is -0.815. The standard InChI is InChI=1S/C14H26N2O3.ClH/c1-11(10-15-2)12(17)16-14(13(18)19-3)8-6-4-5-7-9-14;/h11,15H,4-10H2,1-3H3,(H,16,17);1H. The van der Waals surface area contributed by atoms with Crippen molar-refractivity contribution >= 4 is 24.3 Å². The van der Waals surface area contributed by atoms with Gasteiger partial charge in [0.25, 0.3) is 0 Å². The third-order valence-corrected chi connectivity index (χ3v) is 3.85. The van der Waals surface area contributed by atoms with Gasteiger partial charge in [0.2, 0.25) is 5.91 Å². The first-order chi connectivity index (χ1) is 9.05. The molecule has 20 heavy (non-hydrogen) atoms. The highest BCUT2D eigenvalue weighted by Crippen LogP contribution is 2.28. The Kier molecular flexibility index (Phi) is 8.81. The van der Waals surface area contributed by atoms with Gasteiger partial charge in [-0.25, -0.2) is 4.79 Å². The Hall–Kier alpha value is -0.810. The summed E-state index contributed by atoms with van der Waals surface area (Å²) >= 11 is 0. The van der Waals surface area contributed by atoms with Crippen molar-refractivity contribution in [2.45, 2.75) is 51.0 Å². The number of esters is 1. The van der Waals surface area contributed by atoms with Crippen molar-refractivity contribution in [2.24, 2.45) is 5.92 Å². The summed E-state index contributed by atoms with van der Waals surface area (Å²) in [5, 5.41) is 5.93. The van der Waals surface area contributed by atoms with Crippen LogP contribution in [-0.4, -0.2) is 38.1 Å². The van der Waals surface area contributed by atoms with Crippen LogP contribution in [0.2, 0.25) is 0 Å². The first-order valence-electron chi connectivity index (χ1n) is 7.11. The van der Waals surface area contributed by atoms with Crippen molar-refractivity contribution in [1.29, 1.82) is 0 Å². The molecule has 1 aliphatic carbocycles. The fraction of sp³-hybridized carbons (Fsp3) is 0.857. The van der Waals surface area contributed by atoms with E-state index in [1.54, 1.807) is 0 Å². The van der Waals surface area contributed by atoms with E-state index in [9.17, 15) is 9.59 Å². The zero-order chi connectivity index (χ0) is 14.3. The topological polar surface area (TPSA) is 67.4 Å². The molecule has 1 saturated carbocycles. The van der Waals surface area contributed by atoms with Crippen LogP contribution in [0.4, 0.5) is 0 Å². The molecule has 6 heteroatoms. The molecular formula is C14H27ClN2O3. The first-order valence-corrected chi connectivity index (χ1v) is 7.11. The van der Waals surface area contributed by atoms with Crippen LogP contribution >= 0.6 is 12.4 Å². The van der Waals surface area contributed by atoms with E-state index in [-0.39, 0.29) is 30.2 Å². The van der Waals surface area contributed by atoms with Crippen LogP contribution < -0.4 is 10.6 Å². The normalized spacial score (nSPS) is 19.1. The smallest absolute Gasteiger partial charge is 0.331 e. The fourth-order valence-corrected chi connectivity index (χ4v) is 2.67. The van der Waals surface area contributed by atoms with Crippen LogP contribution in [0, 0.1) is 5.92 Å². The van der Waals surface area contributed by atoms with E-state index in [0.717, 1.165) is 25.7 Å². The van der Waals surface area contributed by atoms with Gasteiger partial charge >= 0.3 is 5.97 Å². The van der Waals surface area contributed by atoms with Gasteiger partial charge in [-0.1, -0.05) is 32.6 Å². The van der Waals surface area contributed by atoms with Crippen LogP contribution in [0.15, 0.2) is 0 Å². The maximum Gasteiger partial charge on any atom is 0.331 e. The van der Waals surface area contributed by atoms with Gasteiger partial charge in [-0.05, 0) is 19.9 Å². The molecule has 0 heterocycles. The van der Waals surface area contributed by atoms with Gasteiger partial charge < -0.3 is 15.4 Å². The molecule has 118 valence electrons. The molecule has 0 aromatic carbocycles. The van der Waals surface area contributed by atoms with Crippen LogP contribution in [0.25, 0.3) is 0 Å². The molecule has 5 nitrogen and oxygen atoms in total. The van der Waals surface area contributed by atoms with Gasteiger partial charge in [-0.3, -0.25) is 4.79 Å². The summed E-state index contributed by atoms with van der Waals surface area (Å²) in [6, 6.07) is 0. The summed E-state index contributed by atoms with van der Waals surface area (Å²) in [6.45, 7) is 2.45. The van der Waals surface area contributed by atoms with Crippen molar-refractivity contribution in [3.05, 3.63) is 0 Å². The number of carbonyl (C=O) groups excluding carboxylic acids is 2. The van der Waals surface area contributed by atoms with Crippen molar-refractivity contribution in [3.8, 4) is 0 Å². The maximum atomic E-state index is 12.2. The zero-order valence-electron chi connectivity index (χ0n) is 12.7. The number of hydrogen-bond donors (Lipinski definition) is 2. The molecule has 2 N–H and O–H groups in total. The van der Waals surface area contributed by atoms with E-state index in [0.29, 0.717) is 19.4 Å². The molecule has 0 aromatic rings. The van der Waals surface area contributed by atoms with Crippen molar-refractivity contribution in [1.82, 2.24) is 10.6 Å². The van der Waals surface area contributed by atoms with Crippen molar-refractivity contribution in [2.75, 3.05) is 20.7 Å². The highest BCUT2D eigenvalue weighted by atomic mass is 35.5. The number of ether oxygens (including phenoxy) is 1. The Labute approximate surface area is 127 Å². The minimum Gasteiger partial charge on any atom is -0.467 e. The van der Waals surface area contributed by atoms with Crippen LogP contribution in [0.3, 0.4) is 0 Å². The highest BCUT2D eigenvalue weighted by Gasteiger charge is 2.41. The molecule has 0 saturated heterocycles. The molecule has 0 aromatic heterocycles. The van der Waals surface area contributed by atoms with E-state index < -0.39 is 5.54 Å². The lowest BCUT2D eigenvalue weighted by molar-refractivity contribution is -0.152. The third-order valence-electron chi connectivity index (χ3n) is 3.85. The maximum absolute atomic E-state index is 12.2. The number of amides is 1. The number of halogens is 1. The van der Waals surface area contributed by atoms with Crippen LogP contribution in [0.5, 0.6) is 0 Å². The Balaban J connectivity index is 0.00000361. The van der Waals surface area contributed by atoms with Gasteiger partial charge in [0.15, 0.2) is 0 Å². The summed E-state index contributed by atoms with van der Waals surface area (Å²) in [6.07, 6.45) is 5.49. The zero-order valence-corrected chi connectivity index (χ0v) is 13.5. The molecule has 1 aliphatic rings.